The first-order chi connectivity index (χ1) is 10.4. The zero-order valence-corrected chi connectivity index (χ0v) is 16.0. The molecule has 0 saturated heterocycles. The van der Waals surface area contributed by atoms with E-state index in [0.717, 1.165) is 18.6 Å². The molecular formula is C17H27BrF2NO2+. The van der Waals surface area contributed by atoms with Gasteiger partial charge < -0.3 is 15.2 Å². The van der Waals surface area contributed by atoms with Crippen LogP contribution >= 0.6 is 15.9 Å². The molecule has 0 spiro atoms. The smallest absolute Gasteiger partial charge is 0.190 e. The maximum Gasteiger partial charge on any atom is 0.190 e. The highest BCUT2D eigenvalue weighted by atomic mass is 79.9. The Kier molecular flexibility index (Phi) is 6.98. The molecule has 3 nitrogen and oxygen atoms in total. The van der Waals surface area contributed by atoms with Crippen LogP contribution < -0.4 is 10.1 Å². The van der Waals surface area contributed by atoms with E-state index in [-0.39, 0.29) is 17.6 Å². The van der Waals surface area contributed by atoms with Crippen LogP contribution in [0.25, 0.3) is 0 Å². The van der Waals surface area contributed by atoms with Gasteiger partial charge in [-0.2, -0.15) is 0 Å². The number of rotatable bonds is 7. The molecule has 0 unspecified atom stereocenters. The fourth-order valence-electron chi connectivity index (χ4n) is 2.81. The van der Waals surface area contributed by atoms with Crippen LogP contribution in [0.4, 0.5) is 8.78 Å². The number of benzene rings is 1. The van der Waals surface area contributed by atoms with Gasteiger partial charge in [0, 0.05) is 10.9 Å². The Morgan fingerprint density at radius 1 is 1.17 bits per heavy atom. The molecule has 0 heterocycles. The first-order valence-electron chi connectivity index (χ1n) is 7.69. The molecule has 1 aromatic carbocycles. The maximum atomic E-state index is 13.6. The number of aliphatic hydroxyl groups is 1. The van der Waals surface area contributed by atoms with Gasteiger partial charge in [0.1, 0.15) is 19.3 Å². The van der Waals surface area contributed by atoms with E-state index in [0.29, 0.717) is 11.0 Å². The minimum Gasteiger partial charge on any atom is -0.485 e. The Labute approximate surface area is 145 Å². The van der Waals surface area contributed by atoms with Gasteiger partial charge in [-0.25, -0.2) is 8.78 Å². The van der Waals surface area contributed by atoms with E-state index in [9.17, 15) is 13.9 Å². The van der Waals surface area contributed by atoms with Crippen molar-refractivity contribution >= 4 is 15.9 Å². The van der Waals surface area contributed by atoms with Gasteiger partial charge in [0.25, 0.3) is 0 Å². The topological polar surface area (TPSA) is 46.1 Å². The third kappa shape index (κ3) is 7.59. The molecule has 23 heavy (non-hydrogen) atoms. The Morgan fingerprint density at radius 2 is 1.70 bits per heavy atom. The summed E-state index contributed by atoms with van der Waals surface area (Å²) in [6.07, 6.45) is 0.167. The minimum absolute atomic E-state index is 0.0344. The molecule has 3 N–H and O–H groups in total. The normalized spacial score (nSPS) is 14.0. The van der Waals surface area contributed by atoms with Crippen molar-refractivity contribution < 1.29 is 23.9 Å². The Morgan fingerprint density at radius 3 is 2.17 bits per heavy atom. The molecule has 0 amide bonds. The summed E-state index contributed by atoms with van der Waals surface area (Å²) in [6.45, 7) is 11.0. The average Bonchev–Trinajstić information content (AvgIpc) is 2.32. The van der Waals surface area contributed by atoms with Crippen LogP contribution in [0.1, 0.15) is 41.0 Å². The van der Waals surface area contributed by atoms with Gasteiger partial charge in [-0.1, -0.05) is 36.7 Å². The highest BCUT2D eigenvalue weighted by Gasteiger charge is 2.29. The summed E-state index contributed by atoms with van der Waals surface area (Å²) < 4.78 is 32.7. The van der Waals surface area contributed by atoms with Crippen LogP contribution in [0.2, 0.25) is 0 Å². The molecule has 0 fully saturated rings. The van der Waals surface area contributed by atoms with E-state index in [4.69, 9.17) is 4.74 Å². The fourth-order valence-corrected chi connectivity index (χ4v) is 3.21. The van der Waals surface area contributed by atoms with E-state index in [1.807, 2.05) is 5.32 Å². The predicted octanol–water partition coefficient (Wildman–Crippen LogP) is 3.25. The van der Waals surface area contributed by atoms with Crippen molar-refractivity contribution in [3.8, 4) is 5.75 Å². The van der Waals surface area contributed by atoms with Gasteiger partial charge in [0.05, 0.1) is 5.54 Å². The van der Waals surface area contributed by atoms with Crippen molar-refractivity contribution in [1.82, 2.24) is 0 Å². The van der Waals surface area contributed by atoms with E-state index >= 15 is 0 Å². The first-order valence-corrected chi connectivity index (χ1v) is 8.49. The number of quaternary nitrogens is 1. The second-order valence-electron chi connectivity index (χ2n) is 7.83. The number of nitrogens with two attached hydrogens (primary N) is 1. The fraction of sp³-hybridized carbons (Fsp3) is 0.647. The molecule has 0 aliphatic heterocycles. The van der Waals surface area contributed by atoms with E-state index in [1.54, 1.807) is 0 Å². The Balaban J connectivity index is 2.51. The summed E-state index contributed by atoms with van der Waals surface area (Å²) in [7, 11) is 0. The van der Waals surface area contributed by atoms with Crippen LogP contribution in [-0.4, -0.2) is 29.9 Å². The zero-order chi connectivity index (χ0) is 17.8. The number of ether oxygens (including phenoxy) is 1. The molecule has 0 saturated carbocycles. The molecule has 1 aromatic rings. The summed E-state index contributed by atoms with van der Waals surface area (Å²) in [5.74, 6) is -2.04. The molecule has 0 bridgehead atoms. The zero-order valence-electron chi connectivity index (χ0n) is 14.4. The van der Waals surface area contributed by atoms with Gasteiger partial charge in [-0.05, 0) is 31.4 Å². The molecule has 0 aromatic heterocycles. The number of hydrogen-bond acceptors (Lipinski definition) is 2. The van der Waals surface area contributed by atoms with Crippen LogP contribution in [-0.2, 0) is 0 Å². The van der Waals surface area contributed by atoms with E-state index in [1.165, 1.54) is 0 Å². The monoisotopic (exact) mass is 394 g/mol. The lowest BCUT2D eigenvalue weighted by molar-refractivity contribution is -0.727. The quantitative estimate of drug-likeness (QED) is 0.745. The molecule has 0 radical (unpaired) electrons. The lowest BCUT2D eigenvalue weighted by Gasteiger charge is -2.31. The Hall–Kier alpha value is -0.720. The van der Waals surface area contributed by atoms with Crippen molar-refractivity contribution in [3.05, 3.63) is 28.2 Å². The van der Waals surface area contributed by atoms with Crippen molar-refractivity contribution in [2.24, 2.45) is 5.41 Å². The van der Waals surface area contributed by atoms with Crippen molar-refractivity contribution in [3.63, 3.8) is 0 Å². The molecule has 1 atom stereocenters. The average molecular weight is 395 g/mol. The minimum atomic E-state index is -0.809. The predicted molar refractivity (Wildman–Crippen MR) is 90.5 cm³/mol. The largest absolute Gasteiger partial charge is 0.485 e. The summed E-state index contributed by atoms with van der Waals surface area (Å²) in [5, 5.41) is 12.0. The van der Waals surface area contributed by atoms with Gasteiger partial charge in [-0.15, -0.1) is 0 Å². The van der Waals surface area contributed by atoms with Gasteiger partial charge in [0.15, 0.2) is 17.4 Å². The summed E-state index contributed by atoms with van der Waals surface area (Å²) in [4.78, 5) is 0. The molecule has 1 rings (SSSR count). The Bertz CT molecular complexity index is 507. The van der Waals surface area contributed by atoms with Gasteiger partial charge in [-0.3, -0.25) is 0 Å². The summed E-state index contributed by atoms with van der Waals surface area (Å²) >= 11 is 3.01. The van der Waals surface area contributed by atoms with Crippen molar-refractivity contribution in [2.75, 3.05) is 13.2 Å². The van der Waals surface area contributed by atoms with Crippen LogP contribution in [0.3, 0.4) is 0 Å². The van der Waals surface area contributed by atoms with E-state index in [2.05, 4.69) is 50.5 Å². The molecule has 6 heteroatoms. The highest BCUT2D eigenvalue weighted by Crippen LogP contribution is 2.26. The second-order valence-corrected chi connectivity index (χ2v) is 8.74. The van der Waals surface area contributed by atoms with Gasteiger partial charge >= 0.3 is 0 Å². The third-order valence-electron chi connectivity index (χ3n) is 3.31. The molecule has 0 aliphatic carbocycles. The highest BCUT2D eigenvalue weighted by molar-refractivity contribution is 9.10. The SMILES string of the molecule is CC(C)(C)CC(C)(C)[NH2+]C[C@@H](O)COc1c(F)cc(Br)cc1F. The standard InChI is InChI=1S/C17H26BrF2NO2/c1-16(2,3)10-17(4,5)21-8-12(22)9-23-15-13(19)6-11(18)7-14(15)20/h6-7,12,21-22H,8-10H2,1-5H3/p+1/t12-/m1/s1. The van der Waals surface area contributed by atoms with Crippen molar-refractivity contribution in [1.29, 1.82) is 0 Å². The van der Waals surface area contributed by atoms with Crippen LogP contribution in [0.15, 0.2) is 16.6 Å². The maximum absolute atomic E-state index is 13.6. The first kappa shape index (κ1) is 20.3. The number of halogens is 3. The summed E-state index contributed by atoms with van der Waals surface area (Å²) in [5.41, 5.74) is 0.151. The lowest BCUT2D eigenvalue weighted by Crippen LogP contribution is -2.97. The second kappa shape index (κ2) is 7.90. The molecular weight excluding hydrogens is 368 g/mol. The number of hydrogen-bond donors (Lipinski definition) is 2. The van der Waals surface area contributed by atoms with Crippen LogP contribution in [0.5, 0.6) is 5.75 Å². The van der Waals surface area contributed by atoms with Gasteiger partial charge in [0.2, 0.25) is 0 Å². The summed E-state index contributed by atoms with van der Waals surface area (Å²) in [6, 6.07) is 2.26. The van der Waals surface area contributed by atoms with Crippen molar-refractivity contribution in [2.45, 2.75) is 52.7 Å². The molecule has 132 valence electrons. The van der Waals surface area contributed by atoms with Crippen LogP contribution in [0, 0.1) is 17.0 Å². The lowest BCUT2D eigenvalue weighted by atomic mass is 9.82. The number of aliphatic hydroxyl groups excluding tert-OH is 1. The molecule has 0 aliphatic rings. The third-order valence-corrected chi connectivity index (χ3v) is 3.77. The van der Waals surface area contributed by atoms with E-state index < -0.39 is 23.5 Å².